The van der Waals surface area contributed by atoms with E-state index in [0.29, 0.717) is 16.7 Å². The third kappa shape index (κ3) is 3.04. The molecule has 0 fully saturated rings. The van der Waals surface area contributed by atoms with E-state index in [1.165, 1.54) is 10.9 Å². The highest BCUT2D eigenvalue weighted by atomic mass is 79.9. The predicted molar refractivity (Wildman–Crippen MR) is 77.3 cm³/mol. The fourth-order valence-corrected chi connectivity index (χ4v) is 2.10. The lowest BCUT2D eigenvalue weighted by atomic mass is 10.2. The molecule has 0 N–H and O–H groups in total. The first-order valence-corrected chi connectivity index (χ1v) is 7.00. The highest BCUT2D eigenvalue weighted by molar-refractivity contribution is 9.10. The zero-order chi connectivity index (χ0) is 14.7. The van der Waals surface area contributed by atoms with Gasteiger partial charge in [0, 0.05) is 6.54 Å². The van der Waals surface area contributed by atoms with Crippen LogP contribution in [0.25, 0.3) is 11.0 Å². The first-order valence-electron chi connectivity index (χ1n) is 6.21. The number of hydrogen-bond donors (Lipinski definition) is 0. The fourth-order valence-electron chi connectivity index (χ4n) is 1.79. The average molecular weight is 340 g/mol. The van der Waals surface area contributed by atoms with E-state index >= 15 is 0 Å². The maximum absolute atomic E-state index is 12.3. The van der Waals surface area contributed by atoms with Crippen molar-refractivity contribution in [2.75, 3.05) is 6.61 Å². The second-order valence-electron chi connectivity index (χ2n) is 4.36. The van der Waals surface area contributed by atoms with Crippen molar-refractivity contribution < 1.29 is 9.53 Å². The molecule has 0 amide bonds. The normalized spacial score (nSPS) is 12.3. The minimum Gasteiger partial charge on any atom is -0.466 e. The van der Waals surface area contributed by atoms with Crippen LogP contribution in [-0.2, 0) is 16.1 Å². The maximum Gasteiger partial charge on any atom is 0.310 e. The lowest BCUT2D eigenvalue weighted by molar-refractivity contribution is -0.147. The molecule has 0 aliphatic heterocycles. The molecule has 7 heteroatoms. The first-order chi connectivity index (χ1) is 9.52. The summed E-state index contributed by atoms with van der Waals surface area (Å²) in [4.78, 5) is 32.2. The topological polar surface area (TPSA) is 74.1 Å². The minimum atomic E-state index is -0.418. The summed E-state index contributed by atoms with van der Waals surface area (Å²) in [5.41, 5.74) is 0.531. The van der Waals surface area contributed by atoms with Gasteiger partial charge in [0.2, 0.25) is 0 Å². The van der Waals surface area contributed by atoms with Gasteiger partial charge in [0.1, 0.15) is 4.60 Å². The Morgan fingerprint density at radius 1 is 1.50 bits per heavy atom. The van der Waals surface area contributed by atoms with Gasteiger partial charge < -0.3 is 4.74 Å². The number of pyridine rings is 1. The molecule has 6 nitrogen and oxygen atoms in total. The Morgan fingerprint density at radius 2 is 2.25 bits per heavy atom. The molecule has 2 rings (SSSR count). The maximum atomic E-state index is 12.3. The van der Waals surface area contributed by atoms with Crippen LogP contribution in [-0.4, -0.2) is 27.1 Å². The van der Waals surface area contributed by atoms with Gasteiger partial charge in [0.25, 0.3) is 5.56 Å². The van der Waals surface area contributed by atoms with Crippen molar-refractivity contribution in [3.63, 3.8) is 0 Å². The molecule has 20 heavy (non-hydrogen) atoms. The van der Waals surface area contributed by atoms with Gasteiger partial charge in [0.05, 0.1) is 24.4 Å². The van der Waals surface area contributed by atoms with Crippen molar-refractivity contribution in [3.8, 4) is 0 Å². The van der Waals surface area contributed by atoms with E-state index in [-0.39, 0.29) is 23.6 Å². The molecule has 2 aromatic heterocycles. The molecular formula is C13H14BrN3O3. The molecule has 0 aliphatic carbocycles. The van der Waals surface area contributed by atoms with Gasteiger partial charge in [-0.25, -0.2) is 9.97 Å². The highest BCUT2D eigenvalue weighted by Crippen LogP contribution is 2.10. The van der Waals surface area contributed by atoms with Crippen LogP contribution in [0, 0.1) is 5.92 Å². The van der Waals surface area contributed by atoms with Gasteiger partial charge in [-0.15, -0.1) is 0 Å². The smallest absolute Gasteiger partial charge is 0.310 e. The summed E-state index contributed by atoms with van der Waals surface area (Å²) < 4.78 is 6.87. The number of fused-ring (bicyclic) bond motifs is 1. The molecule has 0 aromatic carbocycles. The molecule has 106 valence electrons. The third-order valence-corrected chi connectivity index (χ3v) is 3.24. The van der Waals surface area contributed by atoms with Crippen LogP contribution in [0.3, 0.4) is 0 Å². The van der Waals surface area contributed by atoms with E-state index in [9.17, 15) is 9.59 Å². The van der Waals surface area contributed by atoms with Crippen molar-refractivity contribution in [2.24, 2.45) is 5.92 Å². The number of aromatic nitrogens is 3. The lowest BCUT2D eigenvalue weighted by Crippen LogP contribution is -2.28. The van der Waals surface area contributed by atoms with Gasteiger partial charge >= 0.3 is 5.97 Å². The van der Waals surface area contributed by atoms with Gasteiger partial charge in [-0.3, -0.25) is 14.2 Å². The molecular weight excluding hydrogens is 326 g/mol. The number of carbonyl (C=O) groups is 1. The Labute approximate surface area is 123 Å². The lowest BCUT2D eigenvalue weighted by Gasteiger charge is -2.12. The van der Waals surface area contributed by atoms with Crippen LogP contribution < -0.4 is 5.56 Å². The molecule has 0 saturated heterocycles. The molecule has 0 radical (unpaired) electrons. The molecule has 0 saturated carbocycles. The first kappa shape index (κ1) is 14.6. The van der Waals surface area contributed by atoms with Crippen molar-refractivity contribution in [1.29, 1.82) is 0 Å². The Kier molecular flexibility index (Phi) is 4.49. The van der Waals surface area contributed by atoms with E-state index in [1.54, 1.807) is 26.0 Å². The average Bonchev–Trinajstić information content (AvgIpc) is 2.42. The SMILES string of the molecule is CCOC(=O)C(C)Cn1cnc2ccc(Br)nc2c1=O. The van der Waals surface area contributed by atoms with Gasteiger partial charge in [-0.1, -0.05) is 6.92 Å². The van der Waals surface area contributed by atoms with E-state index in [4.69, 9.17) is 4.74 Å². The number of rotatable bonds is 4. The van der Waals surface area contributed by atoms with Crippen molar-refractivity contribution in [3.05, 3.63) is 33.4 Å². The van der Waals surface area contributed by atoms with E-state index < -0.39 is 5.92 Å². The van der Waals surface area contributed by atoms with Crippen LogP contribution in [0.1, 0.15) is 13.8 Å². The van der Waals surface area contributed by atoms with Crippen LogP contribution in [0.15, 0.2) is 27.9 Å². The molecule has 0 spiro atoms. The van der Waals surface area contributed by atoms with Gasteiger partial charge in [0.15, 0.2) is 5.52 Å². The Hall–Kier alpha value is -1.76. The fraction of sp³-hybridized carbons (Fsp3) is 0.385. The predicted octanol–water partition coefficient (Wildman–Crippen LogP) is 1.75. The van der Waals surface area contributed by atoms with Crippen molar-refractivity contribution in [2.45, 2.75) is 20.4 Å². The Morgan fingerprint density at radius 3 is 2.95 bits per heavy atom. The Bertz CT molecular complexity index is 699. The number of halogens is 1. The second kappa shape index (κ2) is 6.13. The summed E-state index contributed by atoms with van der Waals surface area (Å²) in [6.45, 7) is 4.00. The number of esters is 1. The summed E-state index contributed by atoms with van der Waals surface area (Å²) in [5.74, 6) is -0.749. The van der Waals surface area contributed by atoms with E-state index in [2.05, 4.69) is 25.9 Å². The number of ether oxygens (including phenoxy) is 1. The molecule has 0 bridgehead atoms. The van der Waals surface area contributed by atoms with Crippen LogP contribution in [0.5, 0.6) is 0 Å². The van der Waals surface area contributed by atoms with Crippen LogP contribution >= 0.6 is 15.9 Å². The highest BCUT2D eigenvalue weighted by Gasteiger charge is 2.16. The molecule has 1 atom stereocenters. The molecule has 2 heterocycles. The minimum absolute atomic E-state index is 0.217. The quantitative estimate of drug-likeness (QED) is 0.626. The molecule has 1 unspecified atom stereocenters. The van der Waals surface area contributed by atoms with Crippen molar-refractivity contribution in [1.82, 2.24) is 14.5 Å². The van der Waals surface area contributed by atoms with E-state index in [0.717, 1.165) is 0 Å². The second-order valence-corrected chi connectivity index (χ2v) is 5.17. The van der Waals surface area contributed by atoms with E-state index in [1.807, 2.05) is 0 Å². The summed E-state index contributed by atoms with van der Waals surface area (Å²) in [6, 6.07) is 3.44. The number of nitrogens with zero attached hydrogens (tertiary/aromatic N) is 3. The Balaban J connectivity index is 2.34. The van der Waals surface area contributed by atoms with Gasteiger partial charge in [-0.2, -0.15) is 0 Å². The summed E-state index contributed by atoms with van der Waals surface area (Å²) in [6.07, 6.45) is 1.43. The number of hydrogen-bond acceptors (Lipinski definition) is 5. The van der Waals surface area contributed by atoms with Gasteiger partial charge in [-0.05, 0) is 35.0 Å². The number of carbonyl (C=O) groups excluding carboxylic acids is 1. The summed E-state index contributed by atoms with van der Waals surface area (Å²) in [7, 11) is 0. The summed E-state index contributed by atoms with van der Waals surface area (Å²) in [5, 5.41) is 0. The third-order valence-electron chi connectivity index (χ3n) is 2.80. The standard InChI is InChI=1S/C13H14BrN3O3/c1-3-20-13(19)8(2)6-17-7-15-9-4-5-10(14)16-11(9)12(17)18/h4-5,7-8H,3,6H2,1-2H3. The zero-order valence-corrected chi connectivity index (χ0v) is 12.8. The zero-order valence-electron chi connectivity index (χ0n) is 11.2. The van der Waals surface area contributed by atoms with Crippen LogP contribution in [0.4, 0.5) is 0 Å². The summed E-state index contributed by atoms with van der Waals surface area (Å²) >= 11 is 3.22. The molecule has 2 aromatic rings. The monoisotopic (exact) mass is 339 g/mol. The van der Waals surface area contributed by atoms with Crippen LogP contribution in [0.2, 0.25) is 0 Å². The van der Waals surface area contributed by atoms with Crippen molar-refractivity contribution >= 4 is 32.9 Å². The largest absolute Gasteiger partial charge is 0.466 e. The molecule has 0 aliphatic rings.